The molecule has 0 radical (unpaired) electrons. The highest BCUT2D eigenvalue weighted by Crippen LogP contribution is 2.46. The van der Waals surface area contributed by atoms with Crippen LogP contribution >= 0.6 is 0 Å². The van der Waals surface area contributed by atoms with Crippen molar-refractivity contribution in [2.75, 3.05) is 13.2 Å². The third-order valence-electron chi connectivity index (χ3n) is 9.83. The van der Waals surface area contributed by atoms with Crippen LogP contribution < -0.4 is 20.5 Å². The van der Waals surface area contributed by atoms with E-state index in [2.05, 4.69) is 22.4 Å². The van der Waals surface area contributed by atoms with Crippen molar-refractivity contribution in [3.8, 4) is 11.8 Å². The molecular weight excluding hydrogens is 610 g/mol. The molecule has 4 aliphatic rings. The van der Waals surface area contributed by atoms with Crippen molar-refractivity contribution in [2.24, 2.45) is 23.5 Å². The quantitative estimate of drug-likeness (QED) is 0.427. The predicted octanol–water partition coefficient (Wildman–Crippen LogP) is 2.70. The lowest BCUT2D eigenvalue weighted by atomic mass is 9.91. The molecule has 7 unspecified atom stereocenters. The average molecular weight is 654 g/mol. The summed E-state index contributed by atoms with van der Waals surface area (Å²) in [6.45, 7) is 6.20. The lowest BCUT2D eigenvalue weighted by molar-refractivity contribution is -0.140. The minimum atomic E-state index is -3.96. The monoisotopic (exact) mass is 653 g/mol. The molecule has 46 heavy (non-hydrogen) atoms. The second kappa shape index (κ2) is 12.5. The number of amides is 3. The Balaban J connectivity index is 1.42. The van der Waals surface area contributed by atoms with Gasteiger partial charge in [-0.05, 0) is 69.4 Å². The molecule has 6 rings (SSSR count). The predicted molar refractivity (Wildman–Crippen MR) is 170 cm³/mol. The van der Waals surface area contributed by atoms with Gasteiger partial charge in [0.1, 0.15) is 22.9 Å². The summed E-state index contributed by atoms with van der Waals surface area (Å²) in [5.74, 6) is -1.31. The number of fused-ring (bicyclic) bond motifs is 3. The van der Waals surface area contributed by atoms with Gasteiger partial charge in [-0.1, -0.05) is 38.1 Å². The molecule has 7 atom stereocenters. The Kier molecular flexibility index (Phi) is 8.73. The first-order valence-electron chi connectivity index (χ1n) is 16.3. The Labute approximate surface area is 269 Å². The molecule has 3 heterocycles. The number of primary amides is 1. The molecule has 1 aromatic heterocycles. The second-order valence-corrected chi connectivity index (χ2v) is 15.9. The van der Waals surface area contributed by atoms with Gasteiger partial charge in [0.2, 0.25) is 29.5 Å². The molecule has 13 heteroatoms. The summed E-state index contributed by atoms with van der Waals surface area (Å²) in [5.41, 5.74) is 4.49. The number of carbonyl (C=O) groups excluding carboxylic acids is 3. The van der Waals surface area contributed by atoms with Crippen LogP contribution in [0.2, 0.25) is 0 Å². The molecular formula is C33H43N5O7S. The van der Waals surface area contributed by atoms with Crippen LogP contribution in [0.25, 0.3) is 10.8 Å². The van der Waals surface area contributed by atoms with Crippen LogP contribution in [-0.4, -0.2) is 82.6 Å². The number of hydrogen-bond donors (Lipinski definition) is 2. The molecule has 0 bridgehead atoms. The number of aromatic nitrogens is 2. The maximum atomic E-state index is 14.3. The lowest BCUT2D eigenvalue weighted by Crippen LogP contribution is -2.59. The summed E-state index contributed by atoms with van der Waals surface area (Å²) in [7, 11) is -3.96. The highest BCUT2D eigenvalue weighted by atomic mass is 32.2. The molecule has 2 aromatic rings. The maximum Gasteiger partial charge on any atom is 0.245 e. The number of rotatable bonds is 7. The first kappa shape index (κ1) is 32.2. The molecule has 3 N–H and O–H groups in total. The van der Waals surface area contributed by atoms with Gasteiger partial charge >= 0.3 is 0 Å². The topological polar surface area (TPSA) is 171 Å². The summed E-state index contributed by atoms with van der Waals surface area (Å²) in [4.78, 5) is 42.4. The van der Waals surface area contributed by atoms with Gasteiger partial charge in [0, 0.05) is 12.3 Å². The van der Waals surface area contributed by atoms with Gasteiger partial charge in [0.15, 0.2) is 9.84 Å². The van der Waals surface area contributed by atoms with Crippen LogP contribution in [0.3, 0.4) is 0 Å². The van der Waals surface area contributed by atoms with Gasteiger partial charge in [-0.3, -0.25) is 14.4 Å². The molecule has 1 aromatic carbocycles. The Bertz CT molecular complexity index is 1660. The fourth-order valence-corrected chi connectivity index (χ4v) is 9.66. The van der Waals surface area contributed by atoms with Gasteiger partial charge < -0.3 is 25.4 Å². The molecule has 0 spiro atoms. The zero-order valence-corrected chi connectivity index (χ0v) is 27.4. The van der Waals surface area contributed by atoms with Crippen LogP contribution in [0.15, 0.2) is 36.4 Å². The lowest BCUT2D eigenvalue weighted by Gasteiger charge is -2.29. The number of hydrogen-bond acceptors (Lipinski definition) is 9. The Morgan fingerprint density at radius 1 is 1.09 bits per heavy atom. The molecule has 12 nitrogen and oxygen atoms in total. The van der Waals surface area contributed by atoms with E-state index in [1.54, 1.807) is 12.1 Å². The molecule has 248 valence electrons. The summed E-state index contributed by atoms with van der Waals surface area (Å²) in [5, 5.41) is 10.4. The number of allylic oxidation sites excluding steroid dienone is 1. The third-order valence-corrected chi connectivity index (χ3v) is 12.6. The van der Waals surface area contributed by atoms with Crippen LogP contribution in [0, 0.1) is 17.8 Å². The van der Waals surface area contributed by atoms with E-state index in [1.807, 2.05) is 38.1 Å². The largest absolute Gasteiger partial charge is 0.476 e. The van der Waals surface area contributed by atoms with E-state index < -0.39 is 49.8 Å². The smallest absolute Gasteiger partial charge is 0.245 e. The standard InChI is InChI=1S/C33H43N5O7S/c1-4-44-30-23-11-7-8-12-24(23)31(37-36-30)45-25-18-38-26(39)16-20(3)15-19(2)9-5-6-10-21-17-33(21,32(34)41)35-29(40)27(38)28(25)46(42,43)22-13-14-22/h6-8,10-12,19-22,25,27-28H,4-5,9,13-18H2,1-3H3,(H2,34,41)(H,35,40)/b10-6-. The highest BCUT2D eigenvalue weighted by Gasteiger charge is 2.63. The van der Waals surface area contributed by atoms with E-state index >= 15 is 0 Å². The number of benzene rings is 1. The normalized spacial score (nSPS) is 32.8. The fraction of sp³-hybridized carbons (Fsp3) is 0.606. The van der Waals surface area contributed by atoms with E-state index in [0.717, 1.165) is 19.3 Å². The molecule has 2 aliphatic heterocycles. The Hall–Kier alpha value is -3.74. The van der Waals surface area contributed by atoms with Crippen molar-refractivity contribution in [2.45, 2.75) is 93.9 Å². The number of nitrogens with two attached hydrogens (primary N) is 1. The number of ether oxygens (including phenoxy) is 2. The molecule has 2 aliphatic carbocycles. The second-order valence-electron chi connectivity index (χ2n) is 13.5. The van der Waals surface area contributed by atoms with Crippen molar-refractivity contribution < 1.29 is 32.3 Å². The van der Waals surface area contributed by atoms with Gasteiger partial charge in [-0.2, -0.15) is 0 Å². The van der Waals surface area contributed by atoms with Crippen LogP contribution in [0.4, 0.5) is 0 Å². The van der Waals surface area contributed by atoms with E-state index in [1.165, 1.54) is 4.90 Å². The summed E-state index contributed by atoms with van der Waals surface area (Å²) in [6.07, 6.45) is 6.72. The summed E-state index contributed by atoms with van der Waals surface area (Å²) in [6, 6.07) is 5.79. The molecule has 3 fully saturated rings. The third kappa shape index (κ3) is 6.05. The van der Waals surface area contributed by atoms with E-state index in [9.17, 15) is 22.8 Å². The first-order chi connectivity index (χ1) is 22.0. The van der Waals surface area contributed by atoms with E-state index in [0.29, 0.717) is 48.4 Å². The number of nitrogens with zero attached hydrogens (tertiary/aromatic N) is 3. The number of nitrogens with one attached hydrogen (secondary N) is 1. The zero-order chi connectivity index (χ0) is 32.8. The average Bonchev–Trinajstić information content (AvgIpc) is 3.93. The minimum absolute atomic E-state index is 0.00469. The van der Waals surface area contributed by atoms with Gasteiger partial charge in [0.25, 0.3) is 0 Å². The molecule has 1 saturated heterocycles. The van der Waals surface area contributed by atoms with Crippen LogP contribution in [0.5, 0.6) is 11.8 Å². The van der Waals surface area contributed by atoms with Gasteiger partial charge in [-0.15, -0.1) is 10.2 Å². The Morgan fingerprint density at radius 3 is 2.46 bits per heavy atom. The van der Waals surface area contributed by atoms with Gasteiger partial charge in [-0.25, -0.2) is 8.42 Å². The van der Waals surface area contributed by atoms with Crippen molar-refractivity contribution >= 4 is 38.3 Å². The summed E-state index contributed by atoms with van der Waals surface area (Å²) < 4.78 is 40.4. The number of carbonyl (C=O) groups is 3. The fourth-order valence-electron chi connectivity index (χ4n) is 7.23. The number of sulfone groups is 1. The van der Waals surface area contributed by atoms with E-state index in [4.69, 9.17) is 15.2 Å². The van der Waals surface area contributed by atoms with E-state index in [-0.39, 0.29) is 36.6 Å². The molecule has 2 saturated carbocycles. The van der Waals surface area contributed by atoms with Crippen molar-refractivity contribution in [1.29, 1.82) is 0 Å². The Morgan fingerprint density at radius 2 is 1.78 bits per heavy atom. The van der Waals surface area contributed by atoms with Gasteiger partial charge in [0.05, 0.1) is 29.2 Å². The van der Waals surface area contributed by atoms with Crippen molar-refractivity contribution in [3.63, 3.8) is 0 Å². The maximum absolute atomic E-state index is 14.3. The molecule has 3 amide bonds. The first-order valence-corrected chi connectivity index (χ1v) is 17.9. The summed E-state index contributed by atoms with van der Waals surface area (Å²) >= 11 is 0. The van der Waals surface area contributed by atoms with Crippen molar-refractivity contribution in [1.82, 2.24) is 20.4 Å². The highest BCUT2D eigenvalue weighted by molar-refractivity contribution is 7.93. The minimum Gasteiger partial charge on any atom is -0.476 e. The zero-order valence-electron chi connectivity index (χ0n) is 26.6. The SMILES string of the molecule is CCOc1nnc(OC2CN3C(=O)CC(C)CC(C)CC/C=C\C4CC4(C(N)=O)NC(=O)C3C2S(=O)(=O)C2CC2)c2ccccc12. The van der Waals surface area contributed by atoms with Crippen LogP contribution in [0.1, 0.15) is 65.7 Å². The van der Waals surface area contributed by atoms with Crippen LogP contribution in [-0.2, 0) is 24.2 Å². The van der Waals surface area contributed by atoms with Crippen molar-refractivity contribution in [3.05, 3.63) is 36.4 Å².